The van der Waals surface area contributed by atoms with Crippen LogP contribution in [0, 0.1) is 0 Å². The summed E-state index contributed by atoms with van der Waals surface area (Å²) in [6.45, 7) is 0. The molecule has 0 saturated carbocycles. The number of hydrogen-bond donors (Lipinski definition) is 0. The summed E-state index contributed by atoms with van der Waals surface area (Å²) < 4.78 is 4.33. The summed E-state index contributed by atoms with van der Waals surface area (Å²) in [4.78, 5) is 5.07. The number of imidazole rings is 1. The third kappa shape index (κ3) is 3.90. The van der Waals surface area contributed by atoms with Gasteiger partial charge in [-0.1, -0.05) is 103 Å². The lowest BCUT2D eigenvalue weighted by molar-refractivity contribution is -0.671. The molecule has 0 N–H and O–H groups in total. The van der Waals surface area contributed by atoms with Gasteiger partial charge in [0.15, 0.2) is 12.4 Å². The van der Waals surface area contributed by atoms with E-state index in [1.165, 1.54) is 43.8 Å². The van der Waals surface area contributed by atoms with Gasteiger partial charge in [-0.15, -0.1) is 0 Å². The van der Waals surface area contributed by atoms with Crippen LogP contribution < -0.4 is 4.57 Å². The third-order valence-electron chi connectivity index (χ3n) is 8.21. The average Bonchev–Trinajstić information content (AvgIpc) is 3.44. The molecule has 6 aromatic carbocycles. The molecule has 0 bridgehead atoms. The highest BCUT2D eigenvalue weighted by molar-refractivity contribution is 6.21. The maximum absolute atomic E-state index is 5.07. The van der Waals surface area contributed by atoms with E-state index in [1.54, 1.807) is 0 Å². The van der Waals surface area contributed by atoms with Gasteiger partial charge < -0.3 is 0 Å². The van der Waals surface area contributed by atoms with Gasteiger partial charge >= 0.3 is 0 Å². The van der Waals surface area contributed by atoms with Crippen molar-refractivity contribution < 1.29 is 4.57 Å². The van der Waals surface area contributed by atoms with E-state index in [0.717, 1.165) is 28.1 Å². The Balaban J connectivity index is 1.34. The van der Waals surface area contributed by atoms with Gasteiger partial charge in [0.25, 0.3) is 0 Å². The van der Waals surface area contributed by atoms with Crippen LogP contribution in [0.25, 0.3) is 71.9 Å². The first-order valence-corrected chi connectivity index (χ1v) is 14.3. The van der Waals surface area contributed by atoms with E-state index in [4.69, 9.17) is 4.98 Å². The van der Waals surface area contributed by atoms with Gasteiger partial charge in [-0.05, 0) is 68.1 Å². The van der Waals surface area contributed by atoms with Crippen molar-refractivity contribution >= 4 is 32.6 Å². The van der Waals surface area contributed by atoms with Crippen molar-refractivity contribution in [2.45, 2.75) is 0 Å². The molecule has 3 nitrogen and oxygen atoms in total. The Bertz CT molecular complexity index is 2170. The first kappa shape index (κ1) is 24.3. The predicted octanol–water partition coefficient (Wildman–Crippen LogP) is 9.16. The lowest BCUT2D eigenvalue weighted by atomic mass is 9.86. The van der Waals surface area contributed by atoms with Gasteiger partial charge in [0.2, 0.25) is 0 Å². The SMILES string of the molecule is C[n+]1ccc(-c2c3ccccc3c(-c3ccc(-c4nc5ccccc5n4-c4ccccc4)cc3)c3ccccc23)cc1. The summed E-state index contributed by atoms with van der Waals surface area (Å²) in [5.74, 6) is 0.941. The lowest BCUT2D eigenvalue weighted by Gasteiger charge is -2.17. The quantitative estimate of drug-likeness (QED) is 0.162. The second-order valence-corrected chi connectivity index (χ2v) is 10.8. The number of pyridine rings is 1. The summed E-state index contributed by atoms with van der Waals surface area (Å²) in [5.41, 5.74) is 9.23. The van der Waals surface area contributed by atoms with Gasteiger partial charge in [0.1, 0.15) is 12.9 Å². The van der Waals surface area contributed by atoms with Crippen LogP contribution >= 0.6 is 0 Å². The minimum Gasteiger partial charge on any atom is -0.292 e. The molecule has 42 heavy (non-hydrogen) atoms. The van der Waals surface area contributed by atoms with Crippen LogP contribution in [0.3, 0.4) is 0 Å². The molecule has 2 heterocycles. The first-order chi connectivity index (χ1) is 20.8. The highest BCUT2D eigenvalue weighted by atomic mass is 15.1. The van der Waals surface area contributed by atoms with E-state index >= 15 is 0 Å². The molecular weight excluding hydrogens is 510 g/mol. The van der Waals surface area contributed by atoms with Gasteiger partial charge in [-0.2, -0.15) is 0 Å². The van der Waals surface area contributed by atoms with Gasteiger partial charge in [-0.3, -0.25) is 4.57 Å². The second-order valence-electron chi connectivity index (χ2n) is 10.8. The second kappa shape index (κ2) is 9.83. The molecule has 0 aliphatic heterocycles. The Morgan fingerprint density at radius 2 is 0.952 bits per heavy atom. The highest BCUT2D eigenvalue weighted by Crippen LogP contribution is 2.43. The molecule has 0 spiro atoms. The fraction of sp³-hybridized carbons (Fsp3) is 0.0256. The summed E-state index contributed by atoms with van der Waals surface area (Å²) >= 11 is 0. The fourth-order valence-corrected chi connectivity index (χ4v) is 6.26. The Hall–Kier alpha value is -5.54. The normalized spacial score (nSPS) is 11.5. The van der Waals surface area contributed by atoms with Crippen LogP contribution in [-0.4, -0.2) is 9.55 Å². The summed E-state index contributed by atoms with van der Waals surface area (Å²) in [6, 6.07) is 49.8. The fourth-order valence-electron chi connectivity index (χ4n) is 6.26. The molecule has 198 valence electrons. The van der Waals surface area contributed by atoms with E-state index in [9.17, 15) is 0 Å². The van der Waals surface area contributed by atoms with Crippen molar-refractivity contribution in [2.75, 3.05) is 0 Å². The largest absolute Gasteiger partial charge is 0.292 e. The zero-order valence-corrected chi connectivity index (χ0v) is 23.3. The van der Waals surface area contributed by atoms with E-state index in [-0.39, 0.29) is 0 Å². The maximum atomic E-state index is 5.07. The maximum Gasteiger partial charge on any atom is 0.169 e. The first-order valence-electron chi connectivity index (χ1n) is 14.3. The molecule has 0 aliphatic rings. The topological polar surface area (TPSA) is 21.7 Å². The minimum absolute atomic E-state index is 0.941. The Morgan fingerprint density at radius 3 is 1.55 bits per heavy atom. The standard InChI is InChI=1S/C39H28N3/c1-41-25-23-28(24-26-41)38-33-15-7-5-13-31(33)37(32-14-6-8-16-34(32)38)27-19-21-29(22-20-27)39-40-35-17-9-10-18-36(35)42(39)30-11-3-2-4-12-30/h2-26H,1H3/q+1. The van der Waals surface area contributed by atoms with E-state index in [1.807, 2.05) is 6.07 Å². The van der Waals surface area contributed by atoms with Crippen molar-refractivity contribution in [3.63, 3.8) is 0 Å². The molecule has 0 fully saturated rings. The van der Waals surface area contributed by atoms with Gasteiger partial charge in [0, 0.05) is 23.4 Å². The van der Waals surface area contributed by atoms with Crippen molar-refractivity contribution in [3.05, 3.63) is 152 Å². The number of fused-ring (bicyclic) bond motifs is 3. The van der Waals surface area contributed by atoms with Crippen LogP contribution in [0.4, 0.5) is 0 Å². The van der Waals surface area contributed by atoms with Crippen LogP contribution in [0.5, 0.6) is 0 Å². The number of para-hydroxylation sites is 3. The predicted molar refractivity (Wildman–Crippen MR) is 174 cm³/mol. The number of hydrogen-bond acceptors (Lipinski definition) is 1. The minimum atomic E-state index is 0.941. The molecule has 2 aromatic heterocycles. The number of benzene rings is 6. The van der Waals surface area contributed by atoms with Crippen LogP contribution in [-0.2, 0) is 7.05 Å². The molecule has 0 amide bonds. The van der Waals surface area contributed by atoms with Crippen molar-refractivity contribution in [2.24, 2.45) is 7.05 Å². The van der Waals surface area contributed by atoms with Crippen LogP contribution in [0.1, 0.15) is 0 Å². The van der Waals surface area contributed by atoms with E-state index in [2.05, 4.69) is 162 Å². The molecule has 0 atom stereocenters. The highest BCUT2D eigenvalue weighted by Gasteiger charge is 2.18. The Morgan fingerprint density at radius 1 is 0.476 bits per heavy atom. The molecular formula is C39H28N3+. The van der Waals surface area contributed by atoms with Crippen LogP contribution in [0.15, 0.2) is 152 Å². The van der Waals surface area contributed by atoms with Crippen molar-refractivity contribution in [1.29, 1.82) is 0 Å². The molecule has 0 aliphatic carbocycles. The van der Waals surface area contributed by atoms with Crippen LogP contribution in [0.2, 0.25) is 0 Å². The van der Waals surface area contributed by atoms with Gasteiger partial charge in [0.05, 0.1) is 11.0 Å². The summed E-state index contributed by atoms with van der Waals surface area (Å²) in [5, 5.41) is 5.03. The molecule has 8 rings (SSSR count). The molecule has 0 unspecified atom stereocenters. The Labute approximate surface area is 244 Å². The summed E-state index contributed by atoms with van der Waals surface area (Å²) in [7, 11) is 2.06. The zero-order valence-electron chi connectivity index (χ0n) is 23.3. The number of rotatable bonds is 4. The smallest absolute Gasteiger partial charge is 0.169 e. The summed E-state index contributed by atoms with van der Waals surface area (Å²) in [6.07, 6.45) is 4.24. The molecule has 3 heteroatoms. The number of aromatic nitrogens is 3. The van der Waals surface area contributed by atoms with Crippen molar-refractivity contribution in [1.82, 2.24) is 9.55 Å². The average molecular weight is 539 g/mol. The Kier molecular flexibility index (Phi) is 5.68. The number of aryl methyl sites for hydroxylation is 1. The molecule has 8 aromatic rings. The molecule has 0 saturated heterocycles. The number of nitrogens with zero attached hydrogens (tertiary/aromatic N) is 3. The molecule has 0 radical (unpaired) electrons. The zero-order chi connectivity index (χ0) is 28.0. The van der Waals surface area contributed by atoms with Crippen molar-refractivity contribution in [3.8, 4) is 39.3 Å². The van der Waals surface area contributed by atoms with Gasteiger partial charge in [-0.25, -0.2) is 9.55 Å². The van der Waals surface area contributed by atoms with E-state index < -0.39 is 0 Å². The monoisotopic (exact) mass is 538 g/mol. The third-order valence-corrected chi connectivity index (χ3v) is 8.21. The van der Waals surface area contributed by atoms with E-state index in [0.29, 0.717) is 0 Å². The lowest BCUT2D eigenvalue weighted by Crippen LogP contribution is -2.25.